The number of sulfonamides is 1. The van der Waals surface area contributed by atoms with Gasteiger partial charge in [-0.15, -0.1) is 23.5 Å². The van der Waals surface area contributed by atoms with Crippen molar-refractivity contribution in [3.05, 3.63) is 48.0 Å². The lowest BCUT2D eigenvalue weighted by Crippen LogP contribution is -2.15. The van der Waals surface area contributed by atoms with Crippen LogP contribution < -0.4 is 4.72 Å². The van der Waals surface area contributed by atoms with Gasteiger partial charge in [0.1, 0.15) is 0 Å². The zero-order valence-corrected chi connectivity index (χ0v) is 15.2. The molecule has 130 valence electrons. The van der Waals surface area contributed by atoms with E-state index in [0.29, 0.717) is 16.6 Å². The summed E-state index contributed by atoms with van der Waals surface area (Å²) in [4.78, 5) is 0.229. The molecule has 24 heavy (non-hydrogen) atoms. The van der Waals surface area contributed by atoms with Gasteiger partial charge in [0, 0.05) is 9.79 Å². The van der Waals surface area contributed by atoms with E-state index in [0.717, 1.165) is 11.8 Å². The summed E-state index contributed by atoms with van der Waals surface area (Å²) in [7, 11) is -4.13. The average Bonchev–Trinajstić information content (AvgIpc) is 2.53. The van der Waals surface area contributed by atoms with Crippen molar-refractivity contribution < 1.29 is 21.6 Å². The second kappa shape index (κ2) is 7.28. The van der Waals surface area contributed by atoms with Gasteiger partial charge in [-0.25, -0.2) is 8.42 Å². The maximum atomic E-state index is 13.1. The number of benzene rings is 2. The first kappa shape index (κ1) is 19.0. The Kier molecular flexibility index (Phi) is 5.77. The summed E-state index contributed by atoms with van der Waals surface area (Å²) in [6, 6.07) is 9.68. The predicted octanol–water partition coefficient (Wildman–Crippen LogP) is 4.95. The first-order valence-electron chi connectivity index (χ1n) is 6.60. The minimum atomic E-state index is -4.62. The summed E-state index contributed by atoms with van der Waals surface area (Å²) in [6.45, 7) is 0. The highest BCUT2D eigenvalue weighted by molar-refractivity contribution is 7.99. The lowest BCUT2D eigenvalue weighted by Gasteiger charge is -2.15. The number of alkyl halides is 3. The number of anilines is 1. The summed E-state index contributed by atoms with van der Waals surface area (Å²) < 4.78 is 66.6. The Morgan fingerprint density at radius 1 is 0.958 bits per heavy atom. The molecule has 2 rings (SSSR count). The van der Waals surface area contributed by atoms with Crippen molar-refractivity contribution in [3.63, 3.8) is 0 Å². The fourth-order valence-electron chi connectivity index (χ4n) is 2.01. The highest BCUT2D eigenvalue weighted by Gasteiger charge is 2.34. The van der Waals surface area contributed by atoms with E-state index in [9.17, 15) is 21.6 Å². The van der Waals surface area contributed by atoms with Gasteiger partial charge in [-0.3, -0.25) is 4.72 Å². The van der Waals surface area contributed by atoms with Crippen LogP contribution in [-0.4, -0.2) is 20.9 Å². The smallest absolute Gasteiger partial charge is 0.278 e. The van der Waals surface area contributed by atoms with Crippen molar-refractivity contribution in [2.75, 3.05) is 17.2 Å². The van der Waals surface area contributed by atoms with Crippen LogP contribution in [0.5, 0.6) is 0 Å². The Morgan fingerprint density at radius 3 is 2.17 bits per heavy atom. The molecular formula is C15H14F3NO2S3. The lowest BCUT2D eigenvalue weighted by atomic mass is 10.2. The molecule has 0 saturated carbocycles. The van der Waals surface area contributed by atoms with Gasteiger partial charge in [0.15, 0.2) is 0 Å². The summed E-state index contributed by atoms with van der Waals surface area (Å²) in [5.41, 5.74) is -0.636. The van der Waals surface area contributed by atoms with Crippen LogP contribution in [-0.2, 0) is 16.2 Å². The molecule has 2 aromatic carbocycles. The van der Waals surface area contributed by atoms with Crippen molar-refractivity contribution in [2.24, 2.45) is 0 Å². The van der Waals surface area contributed by atoms with Gasteiger partial charge in [0.2, 0.25) is 0 Å². The molecule has 0 aliphatic rings. The fourth-order valence-corrected chi connectivity index (χ4v) is 4.33. The SMILES string of the molecule is CSc1ccccc1NS(=O)(=O)c1ccc(SC)c(C(F)(F)F)c1. The van der Waals surface area contributed by atoms with E-state index in [1.165, 1.54) is 30.2 Å². The van der Waals surface area contributed by atoms with Crippen molar-refractivity contribution in [3.8, 4) is 0 Å². The Hall–Kier alpha value is -1.32. The number of halogens is 3. The zero-order valence-electron chi connectivity index (χ0n) is 12.7. The molecule has 0 amide bonds. The van der Waals surface area contributed by atoms with E-state index in [1.54, 1.807) is 30.5 Å². The molecule has 0 atom stereocenters. The number of thioether (sulfide) groups is 2. The number of hydrogen-bond acceptors (Lipinski definition) is 4. The standard InChI is InChI=1S/C15H14F3NO2S3/c1-22-13-8-7-10(9-11(13)15(16,17)18)24(20,21)19-12-5-3-4-6-14(12)23-2/h3-9,19H,1-2H3. The van der Waals surface area contributed by atoms with E-state index in [2.05, 4.69) is 4.72 Å². The second-order valence-electron chi connectivity index (χ2n) is 4.67. The molecule has 0 unspecified atom stereocenters. The summed E-state index contributed by atoms with van der Waals surface area (Å²) in [5, 5.41) is 0. The molecule has 2 aromatic rings. The molecule has 0 radical (unpaired) electrons. The Balaban J connectivity index is 2.46. The molecular weight excluding hydrogens is 379 g/mol. The van der Waals surface area contributed by atoms with Crippen molar-refractivity contribution in [1.82, 2.24) is 0 Å². The molecule has 0 aliphatic carbocycles. The van der Waals surface area contributed by atoms with Crippen LogP contribution in [0.4, 0.5) is 18.9 Å². The Labute approximate surface area is 147 Å². The van der Waals surface area contributed by atoms with Crippen LogP contribution in [0.3, 0.4) is 0 Å². The predicted molar refractivity (Wildman–Crippen MR) is 92.3 cm³/mol. The molecule has 1 N–H and O–H groups in total. The van der Waals surface area contributed by atoms with Crippen LogP contribution >= 0.6 is 23.5 Å². The Morgan fingerprint density at radius 2 is 1.58 bits per heavy atom. The summed E-state index contributed by atoms with van der Waals surface area (Å²) in [6.07, 6.45) is -1.34. The number of rotatable bonds is 5. The Bertz CT molecular complexity index is 836. The van der Waals surface area contributed by atoms with Crippen LogP contribution in [0, 0.1) is 0 Å². The van der Waals surface area contributed by atoms with Gasteiger partial charge < -0.3 is 0 Å². The maximum Gasteiger partial charge on any atom is 0.417 e. The molecule has 0 heterocycles. The molecule has 0 aliphatic heterocycles. The third-order valence-corrected chi connectivity index (χ3v) is 6.09. The number of hydrogen-bond donors (Lipinski definition) is 1. The summed E-state index contributed by atoms with van der Waals surface area (Å²) in [5.74, 6) is 0. The van der Waals surface area contributed by atoms with Crippen molar-refractivity contribution >= 4 is 39.2 Å². The van der Waals surface area contributed by atoms with Crippen LogP contribution in [0.25, 0.3) is 0 Å². The highest BCUT2D eigenvalue weighted by atomic mass is 32.2. The van der Waals surface area contributed by atoms with E-state index < -0.39 is 26.7 Å². The number of nitrogens with one attached hydrogen (secondary N) is 1. The second-order valence-corrected chi connectivity index (χ2v) is 8.04. The van der Waals surface area contributed by atoms with Crippen molar-refractivity contribution in [1.29, 1.82) is 0 Å². The van der Waals surface area contributed by atoms with Gasteiger partial charge in [0.25, 0.3) is 10.0 Å². The highest BCUT2D eigenvalue weighted by Crippen LogP contribution is 2.37. The molecule has 9 heteroatoms. The molecule has 3 nitrogen and oxygen atoms in total. The third-order valence-electron chi connectivity index (χ3n) is 3.14. The van der Waals surface area contributed by atoms with E-state index in [4.69, 9.17) is 0 Å². The lowest BCUT2D eigenvalue weighted by molar-refractivity contribution is -0.139. The van der Waals surface area contributed by atoms with Gasteiger partial charge in [0.05, 0.1) is 16.1 Å². The normalized spacial score (nSPS) is 12.2. The molecule has 0 bridgehead atoms. The topological polar surface area (TPSA) is 46.2 Å². The van der Waals surface area contributed by atoms with Crippen molar-refractivity contribution in [2.45, 2.75) is 20.9 Å². The van der Waals surface area contributed by atoms with E-state index in [-0.39, 0.29) is 4.90 Å². The first-order chi connectivity index (χ1) is 11.2. The van der Waals surface area contributed by atoms with Gasteiger partial charge in [-0.2, -0.15) is 13.2 Å². The zero-order chi connectivity index (χ0) is 18.0. The van der Waals surface area contributed by atoms with Crippen LogP contribution in [0.1, 0.15) is 5.56 Å². The van der Waals surface area contributed by atoms with Gasteiger partial charge >= 0.3 is 6.18 Å². The van der Waals surface area contributed by atoms with Crippen LogP contribution in [0.2, 0.25) is 0 Å². The van der Waals surface area contributed by atoms with Gasteiger partial charge in [-0.1, -0.05) is 12.1 Å². The number of para-hydroxylation sites is 1. The maximum absolute atomic E-state index is 13.1. The summed E-state index contributed by atoms with van der Waals surface area (Å²) >= 11 is 2.25. The van der Waals surface area contributed by atoms with E-state index in [1.807, 2.05) is 0 Å². The average molecular weight is 393 g/mol. The van der Waals surface area contributed by atoms with Gasteiger partial charge in [-0.05, 0) is 42.8 Å². The molecule has 0 fully saturated rings. The largest absolute Gasteiger partial charge is 0.417 e. The van der Waals surface area contributed by atoms with E-state index >= 15 is 0 Å². The molecule has 0 spiro atoms. The minimum absolute atomic E-state index is 0.0223. The fraction of sp³-hybridized carbons (Fsp3) is 0.200. The monoisotopic (exact) mass is 393 g/mol. The first-order valence-corrected chi connectivity index (χ1v) is 10.5. The molecule has 0 aromatic heterocycles. The third kappa shape index (κ3) is 4.20. The minimum Gasteiger partial charge on any atom is -0.278 e. The quantitative estimate of drug-likeness (QED) is 0.730. The molecule has 0 saturated heterocycles. The van der Waals surface area contributed by atoms with Crippen LogP contribution in [0.15, 0.2) is 57.2 Å².